The molecule has 4 heteroatoms. The summed E-state index contributed by atoms with van der Waals surface area (Å²) in [6, 6.07) is 24.2. The number of carbonyl (C=O) groups excluding carboxylic acids is 2. The van der Waals surface area contributed by atoms with Crippen molar-refractivity contribution in [1.82, 2.24) is 0 Å². The first-order valence-electron chi connectivity index (χ1n) is 9.31. The molecule has 0 radical (unpaired) electrons. The number of benzene rings is 3. The van der Waals surface area contributed by atoms with Crippen molar-refractivity contribution in [2.45, 2.75) is 24.9 Å². The Morgan fingerprint density at radius 1 is 0.964 bits per heavy atom. The Labute approximate surface area is 163 Å². The van der Waals surface area contributed by atoms with E-state index in [1.165, 1.54) is 0 Å². The molecule has 1 heterocycles. The van der Waals surface area contributed by atoms with Crippen LogP contribution < -0.4 is 5.32 Å². The summed E-state index contributed by atoms with van der Waals surface area (Å²) in [6.45, 7) is 2.03. The van der Waals surface area contributed by atoms with E-state index >= 15 is 0 Å². The zero-order valence-electron chi connectivity index (χ0n) is 15.6. The van der Waals surface area contributed by atoms with E-state index in [4.69, 9.17) is 0 Å². The maximum Gasteiger partial charge on any atom is 0.261 e. The Kier molecular flexibility index (Phi) is 4.57. The topological polar surface area (TPSA) is 66.4 Å². The van der Waals surface area contributed by atoms with Gasteiger partial charge in [-0.1, -0.05) is 79.7 Å². The van der Waals surface area contributed by atoms with Gasteiger partial charge in [-0.3, -0.25) is 9.59 Å². The molecule has 3 aromatic carbocycles. The van der Waals surface area contributed by atoms with Crippen LogP contribution in [-0.2, 0) is 10.4 Å². The molecule has 1 aliphatic rings. The fourth-order valence-corrected chi connectivity index (χ4v) is 3.88. The molecule has 1 amide bonds. The lowest BCUT2D eigenvalue weighted by atomic mass is 9.80. The Hall–Kier alpha value is -3.24. The van der Waals surface area contributed by atoms with Gasteiger partial charge in [0, 0.05) is 22.7 Å². The standard InChI is InChI=1S/C24H21NO3/c1-16(17-9-4-2-5-10-17)19-13-8-14-20-22(19)24(28,23(27)25-20)15-21(26)18-11-6-3-7-12-18/h2-14,16,28H,15H2,1H3,(H,25,27). The second kappa shape index (κ2) is 7.06. The molecule has 0 spiro atoms. The molecule has 0 saturated heterocycles. The molecule has 2 unspecified atom stereocenters. The van der Waals surface area contributed by atoms with Crippen LogP contribution in [0.1, 0.15) is 46.3 Å². The normalized spacial score (nSPS) is 19.0. The van der Waals surface area contributed by atoms with Gasteiger partial charge in [-0.05, 0) is 17.2 Å². The highest BCUT2D eigenvalue weighted by Crippen LogP contribution is 2.44. The number of anilines is 1. The minimum Gasteiger partial charge on any atom is -0.375 e. The van der Waals surface area contributed by atoms with Crippen LogP contribution >= 0.6 is 0 Å². The van der Waals surface area contributed by atoms with Crippen molar-refractivity contribution < 1.29 is 14.7 Å². The van der Waals surface area contributed by atoms with Crippen molar-refractivity contribution in [3.05, 3.63) is 101 Å². The SMILES string of the molecule is CC(c1ccccc1)c1cccc2c1C(O)(CC(=O)c1ccccc1)C(=O)N2. The van der Waals surface area contributed by atoms with Crippen molar-refractivity contribution in [2.24, 2.45) is 0 Å². The molecule has 3 aromatic rings. The lowest BCUT2D eigenvalue weighted by molar-refractivity contribution is -0.133. The quantitative estimate of drug-likeness (QED) is 0.659. The Balaban J connectivity index is 1.77. The van der Waals surface area contributed by atoms with Gasteiger partial charge in [0.05, 0.1) is 6.42 Å². The predicted molar refractivity (Wildman–Crippen MR) is 108 cm³/mol. The molecule has 28 heavy (non-hydrogen) atoms. The number of carbonyl (C=O) groups is 2. The lowest BCUT2D eigenvalue weighted by Crippen LogP contribution is -2.37. The molecule has 4 nitrogen and oxygen atoms in total. The molecule has 1 aliphatic heterocycles. The first-order chi connectivity index (χ1) is 13.5. The molecule has 4 rings (SSSR count). The molecule has 0 aromatic heterocycles. The number of fused-ring (bicyclic) bond motifs is 1. The van der Waals surface area contributed by atoms with Gasteiger partial charge in [-0.25, -0.2) is 0 Å². The molecule has 140 valence electrons. The number of ketones is 1. The van der Waals surface area contributed by atoms with E-state index in [1.807, 2.05) is 55.5 Å². The van der Waals surface area contributed by atoms with Gasteiger partial charge in [-0.15, -0.1) is 0 Å². The van der Waals surface area contributed by atoms with E-state index in [-0.39, 0.29) is 18.1 Å². The van der Waals surface area contributed by atoms with Gasteiger partial charge in [-0.2, -0.15) is 0 Å². The highest BCUT2D eigenvalue weighted by Gasteiger charge is 2.48. The number of nitrogens with one attached hydrogen (secondary N) is 1. The average molecular weight is 371 g/mol. The van der Waals surface area contributed by atoms with Crippen LogP contribution in [0.5, 0.6) is 0 Å². The zero-order valence-corrected chi connectivity index (χ0v) is 15.6. The van der Waals surface area contributed by atoms with Crippen molar-refractivity contribution in [3.63, 3.8) is 0 Å². The first kappa shape index (κ1) is 18.1. The summed E-state index contributed by atoms with van der Waals surface area (Å²) >= 11 is 0. The third kappa shape index (κ3) is 3.02. The van der Waals surface area contributed by atoms with Crippen molar-refractivity contribution in [2.75, 3.05) is 5.32 Å². The van der Waals surface area contributed by atoms with Crippen LogP contribution in [0, 0.1) is 0 Å². The number of hydrogen-bond acceptors (Lipinski definition) is 3. The number of amides is 1. The van der Waals surface area contributed by atoms with Gasteiger partial charge < -0.3 is 10.4 Å². The lowest BCUT2D eigenvalue weighted by Gasteiger charge is -2.25. The molecule has 2 N–H and O–H groups in total. The Bertz CT molecular complexity index is 1030. The van der Waals surface area contributed by atoms with Gasteiger partial charge in [0.25, 0.3) is 5.91 Å². The van der Waals surface area contributed by atoms with E-state index in [0.29, 0.717) is 16.8 Å². The second-order valence-corrected chi connectivity index (χ2v) is 7.18. The van der Waals surface area contributed by atoms with Crippen molar-refractivity contribution >= 4 is 17.4 Å². The monoisotopic (exact) mass is 371 g/mol. The number of Topliss-reactive ketones (excluding diaryl/α,β-unsaturated/α-hetero) is 1. The molecular formula is C24H21NO3. The third-order valence-corrected chi connectivity index (χ3v) is 5.41. The van der Waals surface area contributed by atoms with E-state index in [1.54, 1.807) is 30.3 Å². The summed E-state index contributed by atoms with van der Waals surface area (Å²) in [4.78, 5) is 25.5. The van der Waals surface area contributed by atoms with Crippen molar-refractivity contribution in [3.8, 4) is 0 Å². The average Bonchev–Trinajstić information content (AvgIpc) is 2.98. The Morgan fingerprint density at radius 2 is 1.61 bits per heavy atom. The minimum absolute atomic E-state index is 0.0396. The maximum absolute atomic E-state index is 12.8. The summed E-state index contributed by atoms with van der Waals surface area (Å²) in [5, 5.41) is 14.1. The molecule has 2 atom stereocenters. The summed E-state index contributed by atoms with van der Waals surface area (Å²) < 4.78 is 0. The molecule has 0 bridgehead atoms. The van der Waals surface area contributed by atoms with Crippen LogP contribution in [-0.4, -0.2) is 16.8 Å². The van der Waals surface area contributed by atoms with E-state index in [9.17, 15) is 14.7 Å². The summed E-state index contributed by atoms with van der Waals surface area (Å²) in [6.07, 6.45) is -0.297. The van der Waals surface area contributed by atoms with Gasteiger partial charge >= 0.3 is 0 Å². The van der Waals surface area contributed by atoms with Gasteiger partial charge in [0.2, 0.25) is 0 Å². The number of aliphatic hydroxyl groups is 1. The summed E-state index contributed by atoms with van der Waals surface area (Å²) in [7, 11) is 0. The van der Waals surface area contributed by atoms with Crippen molar-refractivity contribution in [1.29, 1.82) is 0 Å². The van der Waals surface area contributed by atoms with Crippen LogP contribution in [0.3, 0.4) is 0 Å². The summed E-state index contributed by atoms with van der Waals surface area (Å²) in [5.41, 5.74) is 1.57. The highest BCUT2D eigenvalue weighted by molar-refractivity contribution is 6.09. The van der Waals surface area contributed by atoms with Crippen LogP contribution in [0.4, 0.5) is 5.69 Å². The van der Waals surface area contributed by atoms with Crippen LogP contribution in [0.15, 0.2) is 78.9 Å². The second-order valence-electron chi connectivity index (χ2n) is 7.18. The molecule has 0 fully saturated rings. The van der Waals surface area contributed by atoms with Crippen LogP contribution in [0.25, 0.3) is 0 Å². The fourth-order valence-electron chi connectivity index (χ4n) is 3.88. The fraction of sp³-hybridized carbons (Fsp3) is 0.167. The minimum atomic E-state index is -1.89. The number of rotatable bonds is 5. The molecule has 0 saturated carbocycles. The number of hydrogen-bond donors (Lipinski definition) is 2. The maximum atomic E-state index is 12.8. The third-order valence-electron chi connectivity index (χ3n) is 5.41. The van der Waals surface area contributed by atoms with E-state index in [0.717, 1.165) is 11.1 Å². The van der Waals surface area contributed by atoms with E-state index < -0.39 is 11.5 Å². The largest absolute Gasteiger partial charge is 0.375 e. The predicted octanol–water partition coefficient (Wildman–Crippen LogP) is 4.25. The van der Waals surface area contributed by atoms with Crippen LogP contribution in [0.2, 0.25) is 0 Å². The Morgan fingerprint density at radius 3 is 2.29 bits per heavy atom. The zero-order chi connectivity index (χ0) is 19.7. The van der Waals surface area contributed by atoms with Gasteiger partial charge in [0.1, 0.15) is 0 Å². The molecular weight excluding hydrogens is 350 g/mol. The van der Waals surface area contributed by atoms with Gasteiger partial charge in [0.15, 0.2) is 11.4 Å². The smallest absolute Gasteiger partial charge is 0.261 e. The summed E-state index contributed by atoms with van der Waals surface area (Å²) in [5.74, 6) is -0.866. The molecule has 0 aliphatic carbocycles. The first-order valence-corrected chi connectivity index (χ1v) is 9.31. The highest BCUT2D eigenvalue weighted by atomic mass is 16.3. The van der Waals surface area contributed by atoms with E-state index in [2.05, 4.69) is 5.32 Å².